The minimum absolute atomic E-state index is 0.212. The Kier molecular flexibility index (Phi) is 7.24. The number of benzene rings is 3. The molecule has 0 aliphatic rings. The van der Waals surface area contributed by atoms with Gasteiger partial charge in [0.2, 0.25) is 0 Å². The molecular weight excluding hydrogens is 459 g/mol. The van der Waals surface area contributed by atoms with Crippen LogP contribution < -0.4 is 0 Å². The molecule has 0 bridgehead atoms. The van der Waals surface area contributed by atoms with Crippen LogP contribution in [-0.2, 0) is 25.4 Å². The number of hydrogen-bond acceptors (Lipinski definition) is 2. The lowest BCUT2D eigenvalue weighted by molar-refractivity contribution is -0.140. The summed E-state index contributed by atoms with van der Waals surface area (Å²) in [6.07, 6.45) is 5.15. The quantitative estimate of drug-likeness (QED) is 0.198. The van der Waals surface area contributed by atoms with E-state index in [1.54, 1.807) is 36.7 Å². The minimum Gasteiger partial charge on any atom is -0.236 e. The highest BCUT2D eigenvalue weighted by molar-refractivity contribution is 5.87. The molecule has 0 spiro atoms. The molecule has 0 saturated heterocycles. The molecule has 0 fully saturated rings. The van der Waals surface area contributed by atoms with Crippen LogP contribution in [0, 0.1) is 11.6 Å². The molecule has 0 radical (unpaired) electrons. The molecule has 7 heteroatoms. The Morgan fingerprint density at radius 2 is 1.60 bits per heavy atom. The predicted octanol–water partition coefficient (Wildman–Crippen LogP) is 7.89. The molecule has 180 valence electrons. The van der Waals surface area contributed by atoms with Crippen LogP contribution in [-0.4, -0.2) is 9.97 Å². The Hall–Kier alpha value is -3.61. The molecule has 1 heterocycles. The standard InChI is InChI=1S/C28H23F5N2/c1-2-3-4-5-19-16-34-27(35-17-19)22-11-12-23-21(15-22)10-9-20(26(23)30)8-6-18-7-13-24(25(29)14-18)28(31,32)33/h2-3,7,9-17H,4-6,8H2,1H3/b3-2+. The van der Waals surface area contributed by atoms with E-state index in [9.17, 15) is 17.6 Å². The van der Waals surface area contributed by atoms with Gasteiger partial charge in [0, 0.05) is 23.3 Å². The Morgan fingerprint density at radius 3 is 2.29 bits per heavy atom. The van der Waals surface area contributed by atoms with Gasteiger partial charge < -0.3 is 0 Å². The van der Waals surface area contributed by atoms with Gasteiger partial charge in [0.15, 0.2) is 5.82 Å². The number of allylic oxidation sites excluding steroid dienone is 2. The summed E-state index contributed by atoms with van der Waals surface area (Å²) < 4.78 is 67.2. The Bertz CT molecular complexity index is 1360. The lowest BCUT2D eigenvalue weighted by atomic mass is 9.98. The molecule has 0 aliphatic carbocycles. The second kappa shape index (κ2) is 10.3. The Labute approximate surface area is 200 Å². The van der Waals surface area contributed by atoms with E-state index in [0.717, 1.165) is 36.1 Å². The molecule has 0 atom stereocenters. The minimum atomic E-state index is -4.74. The number of aryl methyl sites for hydroxylation is 3. The van der Waals surface area contributed by atoms with Gasteiger partial charge in [0.05, 0.1) is 5.56 Å². The third kappa shape index (κ3) is 5.73. The van der Waals surface area contributed by atoms with E-state index >= 15 is 4.39 Å². The third-order valence-electron chi connectivity index (χ3n) is 5.85. The van der Waals surface area contributed by atoms with Gasteiger partial charge in [-0.2, -0.15) is 13.2 Å². The van der Waals surface area contributed by atoms with Crippen molar-refractivity contribution in [2.75, 3.05) is 0 Å². The fourth-order valence-corrected chi connectivity index (χ4v) is 3.94. The van der Waals surface area contributed by atoms with Crippen LogP contribution in [0.5, 0.6) is 0 Å². The van der Waals surface area contributed by atoms with Crippen LogP contribution in [0.15, 0.2) is 73.1 Å². The maximum atomic E-state index is 15.1. The van der Waals surface area contributed by atoms with E-state index in [1.807, 2.05) is 19.1 Å². The van der Waals surface area contributed by atoms with Gasteiger partial charge in [-0.3, -0.25) is 0 Å². The number of fused-ring (bicyclic) bond motifs is 1. The largest absolute Gasteiger partial charge is 0.419 e. The SMILES string of the molecule is C/C=C/CCc1cnc(-c2ccc3c(F)c(CCc4ccc(C(F)(F)F)c(F)c4)ccc3c2)nc1. The summed E-state index contributed by atoms with van der Waals surface area (Å²) in [4.78, 5) is 8.87. The monoisotopic (exact) mass is 482 g/mol. The summed E-state index contributed by atoms with van der Waals surface area (Å²) in [7, 11) is 0. The molecule has 1 aromatic heterocycles. The van der Waals surface area contributed by atoms with Gasteiger partial charge >= 0.3 is 6.18 Å². The first-order valence-electron chi connectivity index (χ1n) is 11.3. The van der Waals surface area contributed by atoms with Crippen molar-refractivity contribution in [1.29, 1.82) is 0 Å². The summed E-state index contributed by atoms with van der Waals surface area (Å²) in [6.45, 7) is 1.98. The summed E-state index contributed by atoms with van der Waals surface area (Å²) in [5, 5.41) is 1.11. The van der Waals surface area contributed by atoms with Crippen molar-refractivity contribution in [2.24, 2.45) is 0 Å². The number of halogens is 5. The fourth-order valence-electron chi connectivity index (χ4n) is 3.94. The molecule has 4 aromatic rings. The molecule has 0 aliphatic heterocycles. The highest BCUT2D eigenvalue weighted by atomic mass is 19.4. The number of nitrogens with zero attached hydrogens (tertiary/aromatic N) is 2. The Morgan fingerprint density at radius 1 is 0.829 bits per heavy atom. The number of aromatic nitrogens is 2. The summed E-state index contributed by atoms with van der Waals surface area (Å²) in [5.41, 5.74) is 1.28. The first-order chi connectivity index (χ1) is 16.8. The van der Waals surface area contributed by atoms with E-state index in [-0.39, 0.29) is 12.8 Å². The highest BCUT2D eigenvalue weighted by Crippen LogP contribution is 2.32. The number of alkyl halides is 3. The predicted molar refractivity (Wildman–Crippen MR) is 127 cm³/mol. The van der Waals surface area contributed by atoms with Crippen LogP contribution in [0.2, 0.25) is 0 Å². The summed E-state index contributed by atoms with van der Waals surface area (Å²) in [6, 6.07) is 11.5. The Balaban J connectivity index is 1.50. The normalized spacial score (nSPS) is 12.1. The van der Waals surface area contributed by atoms with Crippen LogP contribution in [0.4, 0.5) is 22.0 Å². The van der Waals surface area contributed by atoms with E-state index in [2.05, 4.69) is 16.0 Å². The molecule has 0 saturated carbocycles. The van der Waals surface area contributed by atoms with Crippen molar-refractivity contribution in [3.8, 4) is 11.4 Å². The molecule has 35 heavy (non-hydrogen) atoms. The highest BCUT2D eigenvalue weighted by Gasteiger charge is 2.33. The number of hydrogen-bond donors (Lipinski definition) is 0. The lowest BCUT2D eigenvalue weighted by Gasteiger charge is -2.11. The lowest BCUT2D eigenvalue weighted by Crippen LogP contribution is -2.08. The zero-order valence-corrected chi connectivity index (χ0v) is 19.0. The summed E-state index contributed by atoms with van der Waals surface area (Å²) in [5.74, 6) is -1.17. The van der Waals surface area contributed by atoms with Gasteiger partial charge in [-0.05, 0) is 72.9 Å². The third-order valence-corrected chi connectivity index (χ3v) is 5.85. The van der Waals surface area contributed by atoms with Crippen LogP contribution in [0.1, 0.15) is 35.6 Å². The van der Waals surface area contributed by atoms with Crippen LogP contribution in [0.25, 0.3) is 22.2 Å². The second-order valence-corrected chi connectivity index (χ2v) is 8.31. The molecule has 4 rings (SSSR count). The van der Waals surface area contributed by atoms with Crippen molar-refractivity contribution in [2.45, 2.75) is 38.8 Å². The maximum absolute atomic E-state index is 15.1. The van der Waals surface area contributed by atoms with Gasteiger partial charge in [0.1, 0.15) is 11.6 Å². The second-order valence-electron chi connectivity index (χ2n) is 8.31. The van der Waals surface area contributed by atoms with Gasteiger partial charge in [-0.15, -0.1) is 0 Å². The van der Waals surface area contributed by atoms with Gasteiger partial charge in [-0.25, -0.2) is 18.7 Å². The van der Waals surface area contributed by atoms with Crippen LogP contribution >= 0.6 is 0 Å². The first-order valence-corrected chi connectivity index (χ1v) is 11.3. The zero-order valence-electron chi connectivity index (χ0n) is 19.0. The molecule has 3 aromatic carbocycles. The number of rotatable bonds is 7. The van der Waals surface area contributed by atoms with E-state index < -0.39 is 23.4 Å². The van der Waals surface area contributed by atoms with E-state index in [0.29, 0.717) is 27.7 Å². The molecule has 2 nitrogen and oxygen atoms in total. The van der Waals surface area contributed by atoms with Crippen molar-refractivity contribution in [1.82, 2.24) is 9.97 Å². The van der Waals surface area contributed by atoms with E-state index in [4.69, 9.17) is 0 Å². The fraction of sp³-hybridized carbons (Fsp3) is 0.214. The van der Waals surface area contributed by atoms with Crippen molar-refractivity contribution in [3.63, 3.8) is 0 Å². The van der Waals surface area contributed by atoms with Gasteiger partial charge in [0.25, 0.3) is 0 Å². The van der Waals surface area contributed by atoms with E-state index in [1.165, 1.54) is 6.07 Å². The zero-order chi connectivity index (χ0) is 25.0. The first kappa shape index (κ1) is 24.5. The topological polar surface area (TPSA) is 25.8 Å². The maximum Gasteiger partial charge on any atom is 0.419 e. The summed E-state index contributed by atoms with van der Waals surface area (Å²) >= 11 is 0. The molecule has 0 unspecified atom stereocenters. The molecule has 0 N–H and O–H groups in total. The smallest absolute Gasteiger partial charge is 0.236 e. The van der Waals surface area contributed by atoms with Crippen molar-refractivity contribution < 1.29 is 22.0 Å². The average Bonchev–Trinajstić information content (AvgIpc) is 2.83. The van der Waals surface area contributed by atoms with Gasteiger partial charge in [-0.1, -0.05) is 42.5 Å². The average molecular weight is 482 g/mol. The van der Waals surface area contributed by atoms with Crippen molar-refractivity contribution >= 4 is 10.8 Å². The van der Waals surface area contributed by atoms with Crippen molar-refractivity contribution in [3.05, 3.63) is 107 Å². The van der Waals surface area contributed by atoms with Crippen LogP contribution in [0.3, 0.4) is 0 Å². The molecular formula is C28H23F5N2. The molecule has 0 amide bonds.